The Bertz CT molecular complexity index is 859. The molecule has 0 saturated carbocycles. The van der Waals surface area contributed by atoms with Crippen LogP contribution in [0.2, 0.25) is 0 Å². The van der Waals surface area contributed by atoms with Gasteiger partial charge in [0.1, 0.15) is 17.9 Å². The Morgan fingerprint density at radius 3 is 2.19 bits per heavy atom. The second kappa shape index (κ2) is 6.61. The van der Waals surface area contributed by atoms with Crippen LogP contribution in [0.1, 0.15) is 41.7 Å². The molecule has 1 heterocycles. The molecule has 0 saturated heterocycles. The zero-order valence-electron chi connectivity index (χ0n) is 16.0. The summed E-state index contributed by atoms with van der Waals surface area (Å²) in [6.07, 6.45) is 0. The summed E-state index contributed by atoms with van der Waals surface area (Å²) in [4.78, 5) is 18.9. The van der Waals surface area contributed by atoms with Crippen molar-refractivity contribution in [2.75, 3.05) is 0 Å². The van der Waals surface area contributed by atoms with Crippen LogP contribution in [0.5, 0.6) is 0 Å². The van der Waals surface area contributed by atoms with Crippen LogP contribution in [-0.2, 0) is 16.2 Å². The highest BCUT2D eigenvalue weighted by molar-refractivity contribution is 6.23. The van der Waals surface area contributed by atoms with E-state index in [2.05, 4.69) is 0 Å². The summed E-state index contributed by atoms with van der Waals surface area (Å²) >= 11 is 0. The minimum absolute atomic E-state index is 0.0469. The van der Waals surface area contributed by atoms with Crippen LogP contribution in [0.25, 0.3) is 5.57 Å². The Hall–Kier alpha value is -2.59. The van der Waals surface area contributed by atoms with Gasteiger partial charge in [-0.1, -0.05) is 48.0 Å². The number of amides is 1. The molecule has 2 aromatic rings. The first-order valence-corrected chi connectivity index (χ1v) is 8.77. The number of nitrogens with zero attached hydrogens (tertiary/aromatic N) is 1. The van der Waals surface area contributed by atoms with Gasteiger partial charge in [-0.25, -0.2) is 5.06 Å². The SMILES string of the molecule is Cc1cc(C)c(C2=C(O)C(C)(C)N(OCc3ccccc3)C2=O)c(C)c1. The molecule has 0 aromatic heterocycles. The quantitative estimate of drug-likeness (QED) is 0.873. The molecule has 0 radical (unpaired) electrons. The van der Waals surface area contributed by atoms with Crippen molar-refractivity contribution in [2.24, 2.45) is 0 Å². The third-order valence-electron chi connectivity index (χ3n) is 4.85. The van der Waals surface area contributed by atoms with Crippen molar-refractivity contribution in [3.8, 4) is 0 Å². The molecule has 1 aliphatic rings. The van der Waals surface area contributed by atoms with E-state index in [1.165, 1.54) is 5.06 Å². The molecule has 1 aliphatic heterocycles. The smallest absolute Gasteiger partial charge is 0.282 e. The average Bonchev–Trinajstić information content (AvgIpc) is 2.73. The second-order valence-electron chi connectivity index (χ2n) is 7.41. The van der Waals surface area contributed by atoms with E-state index >= 15 is 0 Å². The first-order chi connectivity index (χ1) is 12.2. The van der Waals surface area contributed by atoms with E-state index < -0.39 is 5.54 Å². The molecular formula is C22H25NO3. The Labute approximate surface area is 154 Å². The van der Waals surface area contributed by atoms with Crippen molar-refractivity contribution in [1.82, 2.24) is 5.06 Å². The predicted octanol–water partition coefficient (Wildman–Crippen LogP) is 4.63. The summed E-state index contributed by atoms with van der Waals surface area (Å²) in [5, 5.41) is 12.2. The molecule has 0 aliphatic carbocycles. The van der Waals surface area contributed by atoms with Crippen molar-refractivity contribution in [3.05, 3.63) is 76.0 Å². The number of aliphatic hydroxyl groups excluding tert-OH is 1. The number of rotatable bonds is 4. The van der Waals surface area contributed by atoms with Crippen molar-refractivity contribution >= 4 is 11.5 Å². The maximum Gasteiger partial charge on any atom is 0.282 e. The van der Waals surface area contributed by atoms with E-state index in [0.29, 0.717) is 5.57 Å². The maximum atomic E-state index is 13.1. The largest absolute Gasteiger partial charge is 0.509 e. The fourth-order valence-corrected chi connectivity index (χ4v) is 3.59. The molecule has 0 spiro atoms. The number of carbonyl (C=O) groups excluding carboxylic acids is 1. The molecule has 4 nitrogen and oxygen atoms in total. The molecule has 1 amide bonds. The number of carbonyl (C=O) groups is 1. The van der Waals surface area contributed by atoms with Crippen LogP contribution in [0, 0.1) is 20.8 Å². The van der Waals surface area contributed by atoms with Crippen molar-refractivity contribution in [2.45, 2.75) is 46.8 Å². The topological polar surface area (TPSA) is 49.8 Å². The van der Waals surface area contributed by atoms with Crippen molar-refractivity contribution in [1.29, 1.82) is 0 Å². The van der Waals surface area contributed by atoms with E-state index in [-0.39, 0.29) is 18.3 Å². The fourth-order valence-electron chi connectivity index (χ4n) is 3.59. The summed E-state index contributed by atoms with van der Waals surface area (Å²) < 4.78 is 0. The highest BCUT2D eigenvalue weighted by atomic mass is 16.7. The Morgan fingerprint density at radius 2 is 1.62 bits per heavy atom. The number of aliphatic hydroxyl groups is 1. The molecule has 3 rings (SSSR count). The number of aryl methyl sites for hydroxylation is 3. The van der Waals surface area contributed by atoms with Crippen LogP contribution in [0.4, 0.5) is 0 Å². The predicted molar refractivity (Wildman–Crippen MR) is 102 cm³/mol. The standard InChI is InChI=1S/C22H25NO3/c1-14-11-15(2)18(16(3)12-14)19-20(24)22(4,5)23(21(19)25)26-13-17-9-7-6-8-10-17/h6-12,24H,13H2,1-5H3. The van der Waals surface area contributed by atoms with E-state index in [0.717, 1.165) is 27.8 Å². The second-order valence-corrected chi connectivity index (χ2v) is 7.41. The molecule has 0 fully saturated rings. The van der Waals surface area contributed by atoms with Crippen LogP contribution in [0.15, 0.2) is 48.2 Å². The number of hydrogen-bond acceptors (Lipinski definition) is 3. The molecule has 26 heavy (non-hydrogen) atoms. The Kier molecular flexibility index (Phi) is 4.63. The van der Waals surface area contributed by atoms with Gasteiger partial charge in [-0.05, 0) is 56.9 Å². The number of benzene rings is 2. The molecule has 4 heteroatoms. The van der Waals surface area contributed by atoms with Crippen LogP contribution < -0.4 is 0 Å². The van der Waals surface area contributed by atoms with Gasteiger partial charge in [0.25, 0.3) is 5.91 Å². The van der Waals surface area contributed by atoms with Gasteiger partial charge >= 0.3 is 0 Å². The van der Waals surface area contributed by atoms with Gasteiger partial charge in [-0.3, -0.25) is 9.63 Å². The van der Waals surface area contributed by atoms with Gasteiger partial charge in [0.05, 0.1) is 5.57 Å². The molecule has 0 bridgehead atoms. The maximum absolute atomic E-state index is 13.1. The van der Waals surface area contributed by atoms with Gasteiger partial charge < -0.3 is 5.11 Å². The first kappa shape index (κ1) is 18.2. The molecule has 0 atom stereocenters. The minimum atomic E-state index is -0.926. The third-order valence-corrected chi connectivity index (χ3v) is 4.85. The van der Waals surface area contributed by atoms with Gasteiger partial charge in [0.2, 0.25) is 0 Å². The highest BCUT2D eigenvalue weighted by Gasteiger charge is 2.48. The molecule has 136 valence electrons. The summed E-state index contributed by atoms with van der Waals surface area (Å²) in [5.74, 6) is -0.260. The molecule has 2 aromatic carbocycles. The lowest BCUT2D eigenvalue weighted by atomic mass is 9.91. The van der Waals surface area contributed by atoms with E-state index in [1.807, 2.05) is 63.2 Å². The summed E-state index contributed by atoms with van der Waals surface area (Å²) in [7, 11) is 0. The van der Waals surface area contributed by atoms with Gasteiger partial charge in [-0.2, -0.15) is 0 Å². The first-order valence-electron chi connectivity index (χ1n) is 8.77. The lowest BCUT2D eigenvalue weighted by Crippen LogP contribution is -2.43. The minimum Gasteiger partial charge on any atom is -0.509 e. The third kappa shape index (κ3) is 3.01. The lowest BCUT2D eigenvalue weighted by molar-refractivity contribution is -0.209. The Balaban J connectivity index is 1.96. The highest BCUT2D eigenvalue weighted by Crippen LogP contribution is 2.41. The number of hydrogen-bond donors (Lipinski definition) is 1. The average molecular weight is 351 g/mol. The van der Waals surface area contributed by atoms with Gasteiger partial charge in [-0.15, -0.1) is 0 Å². The van der Waals surface area contributed by atoms with E-state index in [1.54, 1.807) is 13.8 Å². The van der Waals surface area contributed by atoms with Crippen molar-refractivity contribution in [3.63, 3.8) is 0 Å². The van der Waals surface area contributed by atoms with Crippen LogP contribution in [0.3, 0.4) is 0 Å². The van der Waals surface area contributed by atoms with Crippen LogP contribution in [-0.4, -0.2) is 21.6 Å². The summed E-state index contributed by atoms with van der Waals surface area (Å²) in [5.41, 5.74) is 4.23. The van der Waals surface area contributed by atoms with Crippen molar-refractivity contribution < 1.29 is 14.7 Å². The van der Waals surface area contributed by atoms with E-state index in [4.69, 9.17) is 4.84 Å². The fraction of sp³-hybridized carbons (Fsp3) is 0.318. The van der Waals surface area contributed by atoms with Crippen LogP contribution >= 0.6 is 0 Å². The Morgan fingerprint density at radius 1 is 1.04 bits per heavy atom. The van der Waals surface area contributed by atoms with Gasteiger partial charge in [0.15, 0.2) is 0 Å². The number of hydroxylamine groups is 2. The monoisotopic (exact) mass is 351 g/mol. The molecule has 1 N–H and O–H groups in total. The molecular weight excluding hydrogens is 326 g/mol. The lowest BCUT2D eigenvalue weighted by Gasteiger charge is -2.30. The zero-order valence-corrected chi connectivity index (χ0v) is 16.0. The van der Waals surface area contributed by atoms with E-state index in [9.17, 15) is 9.90 Å². The summed E-state index contributed by atoms with van der Waals surface area (Å²) in [6.45, 7) is 9.79. The van der Waals surface area contributed by atoms with Gasteiger partial charge in [0, 0.05) is 0 Å². The summed E-state index contributed by atoms with van der Waals surface area (Å²) in [6, 6.07) is 13.7. The zero-order chi connectivity index (χ0) is 19.1. The molecule has 0 unspecified atom stereocenters. The normalized spacial score (nSPS) is 16.5.